The van der Waals surface area contributed by atoms with E-state index in [0.717, 1.165) is 0 Å². The van der Waals surface area contributed by atoms with Gasteiger partial charge in [-0.05, 0) is 25.4 Å². The number of aromatic nitrogens is 2. The van der Waals surface area contributed by atoms with E-state index in [4.69, 9.17) is 11.5 Å². The number of aliphatic hydroxyl groups is 1. The maximum atomic E-state index is 12.9. The summed E-state index contributed by atoms with van der Waals surface area (Å²) in [5.74, 6) is -4.31. The maximum absolute atomic E-state index is 12.9. The Morgan fingerprint density at radius 2 is 1.76 bits per heavy atom. The minimum atomic E-state index is -1.62. The molecule has 0 spiro atoms. The number of hydrogen-bond donors (Lipinski definition) is 8. The third-order valence-electron chi connectivity index (χ3n) is 4.66. The van der Waals surface area contributed by atoms with Gasteiger partial charge in [0.15, 0.2) is 0 Å². The molecule has 10 N–H and O–H groups in total. The fourth-order valence-electron chi connectivity index (χ4n) is 2.80. The van der Waals surface area contributed by atoms with Gasteiger partial charge in [-0.3, -0.25) is 19.2 Å². The molecule has 5 unspecified atom stereocenters. The van der Waals surface area contributed by atoms with Crippen LogP contribution >= 0.6 is 11.8 Å². The Bertz CT molecular complexity index is 850. The van der Waals surface area contributed by atoms with Crippen LogP contribution in [0.15, 0.2) is 12.5 Å². The van der Waals surface area contributed by atoms with Crippen LogP contribution < -0.4 is 27.4 Å². The lowest BCUT2D eigenvalue weighted by atomic mass is 10.1. The third-order valence-corrected chi connectivity index (χ3v) is 5.31. The number of imidazole rings is 1. The number of carbonyl (C=O) groups is 5. The molecule has 0 bridgehead atoms. The number of aromatic amines is 1. The first-order chi connectivity index (χ1) is 16.0. The largest absolute Gasteiger partial charge is 0.480 e. The average Bonchev–Trinajstić information content (AvgIpc) is 3.26. The summed E-state index contributed by atoms with van der Waals surface area (Å²) >= 11 is 1.49. The number of aliphatic carboxylic acids is 1. The average molecular weight is 502 g/mol. The number of hydrogen-bond acceptors (Lipinski definition) is 9. The Kier molecular flexibility index (Phi) is 12.0. The summed E-state index contributed by atoms with van der Waals surface area (Å²) in [6.45, 7) is 1.27. The highest BCUT2D eigenvalue weighted by Gasteiger charge is 2.33. The molecule has 0 aliphatic heterocycles. The lowest BCUT2D eigenvalue weighted by molar-refractivity contribution is -0.143. The van der Waals surface area contributed by atoms with Crippen molar-refractivity contribution in [2.24, 2.45) is 11.5 Å². The molecule has 1 rings (SSSR count). The Labute approximate surface area is 200 Å². The first-order valence-corrected chi connectivity index (χ1v) is 11.7. The third kappa shape index (κ3) is 9.76. The summed E-state index contributed by atoms with van der Waals surface area (Å²) in [6, 6.07) is -5.31. The number of carbonyl (C=O) groups excluding carboxylic acids is 4. The molecule has 0 saturated heterocycles. The van der Waals surface area contributed by atoms with Gasteiger partial charge in [0.05, 0.1) is 24.9 Å². The van der Waals surface area contributed by atoms with Gasteiger partial charge in [0.25, 0.3) is 0 Å². The van der Waals surface area contributed by atoms with E-state index < -0.39 is 66.3 Å². The second kappa shape index (κ2) is 14.2. The standard InChI is InChI=1S/C19H31N7O7S/c1-9(27)15(26-16(29)11(20)3-4-34-2)18(31)24-12(5-10-7-22-8-23-10)17(30)25-13(19(32)33)6-14(21)28/h7-9,11-13,15,27H,3-6,20H2,1-2H3,(H2,21,28)(H,22,23)(H,24,31)(H,25,30)(H,26,29)(H,32,33). The number of nitrogens with zero attached hydrogens (tertiary/aromatic N) is 1. The highest BCUT2D eigenvalue weighted by molar-refractivity contribution is 7.98. The number of H-pyrrole nitrogens is 1. The topological polar surface area (TPSA) is 243 Å². The van der Waals surface area contributed by atoms with Crippen LogP contribution in [0.3, 0.4) is 0 Å². The molecular weight excluding hydrogens is 470 g/mol. The predicted octanol–water partition coefficient (Wildman–Crippen LogP) is -3.17. The molecule has 0 saturated carbocycles. The van der Waals surface area contributed by atoms with Crippen LogP contribution in [0.1, 0.15) is 25.5 Å². The Morgan fingerprint density at radius 3 is 2.26 bits per heavy atom. The van der Waals surface area contributed by atoms with Crippen molar-refractivity contribution in [1.29, 1.82) is 0 Å². The maximum Gasteiger partial charge on any atom is 0.326 e. The second-order valence-corrected chi connectivity index (χ2v) is 8.51. The molecule has 0 radical (unpaired) electrons. The van der Waals surface area contributed by atoms with Crippen LogP contribution in [0.2, 0.25) is 0 Å². The summed E-state index contributed by atoms with van der Waals surface area (Å²) in [7, 11) is 0. The fraction of sp³-hybridized carbons (Fsp3) is 0.579. The molecule has 15 heteroatoms. The zero-order valence-electron chi connectivity index (χ0n) is 18.8. The number of aliphatic hydroxyl groups excluding tert-OH is 1. The fourth-order valence-corrected chi connectivity index (χ4v) is 3.29. The number of nitrogens with two attached hydrogens (primary N) is 2. The summed E-state index contributed by atoms with van der Waals surface area (Å²) in [6.07, 6.45) is 2.80. The number of rotatable bonds is 15. The van der Waals surface area contributed by atoms with Crippen LogP contribution in [-0.2, 0) is 30.4 Å². The Morgan fingerprint density at radius 1 is 1.12 bits per heavy atom. The van der Waals surface area contributed by atoms with Crippen LogP contribution in [0.5, 0.6) is 0 Å². The van der Waals surface area contributed by atoms with Crippen molar-refractivity contribution in [3.8, 4) is 0 Å². The van der Waals surface area contributed by atoms with E-state index in [9.17, 15) is 34.2 Å². The molecule has 1 aromatic heterocycles. The van der Waals surface area contributed by atoms with Gasteiger partial charge < -0.3 is 42.6 Å². The van der Waals surface area contributed by atoms with Crippen molar-refractivity contribution in [3.63, 3.8) is 0 Å². The van der Waals surface area contributed by atoms with E-state index in [2.05, 4.69) is 25.9 Å². The van der Waals surface area contributed by atoms with Crippen molar-refractivity contribution >= 4 is 41.4 Å². The minimum Gasteiger partial charge on any atom is -0.480 e. The molecule has 14 nitrogen and oxygen atoms in total. The van der Waals surface area contributed by atoms with Gasteiger partial charge in [0, 0.05) is 18.3 Å². The lowest BCUT2D eigenvalue weighted by Crippen LogP contribution is -2.60. The van der Waals surface area contributed by atoms with Crippen LogP contribution in [0, 0.1) is 0 Å². The molecule has 0 aliphatic carbocycles. The van der Waals surface area contributed by atoms with Crippen molar-refractivity contribution < 1.29 is 34.2 Å². The molecule has 1 aromatic rings. The van der Waals surface area contributed by atoms with E-state index in [0.29, 0.717) is 17.9 Å². The smallest absolute Gasteiger partial charge is 0.326 e. The van der Waals surface area contributed by atoms with E-state index >= 15 is 0 Å². The predicted molar refractivity (Wildman–Crippen MR) is 122 cm³/mol. The monoisotopic (exact) mass is 501 g/mol. The number of thioether (sulfide) groups is 1. The number of carboxylic acid groups (broad SMARTS) is 1. The van der Waals surface area contributed by atoms with Crippen molar-refractivity contribution in [1.82, 2.24) is 25.9 Å². The van der Waals surface area contributed by atoms with Crippen LogP contribution in [0.25, 0.3) is 0 Å². The van der Waals surface area contributed by atoms with Crippen molar-refractivity contribution in [2.75, 3.05) is 12.0 Å². The van der Waals surface area contributed by atoms with Gasteiger partial charge in [-0.25, -0.2) is 9.78 Å². The lowest BCUT2D eigenvalue weighted by Gasteiger charge is -2.26. The molecule has 0 aromatic carbocycles. The molecule has 0 fully saturated rings. The SMILES string of the molecule is CSCCC(N)C(=O)NC(C(=O)NC(Cc1cnc[nH]1)C(=O)NC(CC(N)=O)C(=O)O)C(C)O. The van der Waals surface area contributed by atoms with Gasteiger partial charge in [-0.15, -0.1) is 0 Å². The second-order valence-electron chi connectivity index (χ2n) is 7.53. The minimum absolute atomic E-state index is 0.131. The van der Waals surface area contributed by atoms with E-state index in [1.807, 2.05) is 6.26 Å². The first kappa shape index (κ1) is 28.9. The zero-order chi connectivity index (χ0) is 25.8. The molecule has 1 heterocycles. The quantitative estimate of drug-likeness (QED) is 0.120. The molecule has 190 valence electrons. The van der Waals surface area contributed by atoms with E-state index in [1.165, 1.54) is 31.2 Å². The normalized spacial score (nSPS) is 15.3. The number of nitrogens with one attached hydrogen (secondary N) is 4. The molecule has 4 amide bonds. The first-order valence-electron chi connectivity index (χ1n) is 10.3. The van der Waals surface area contributed by atoms with E-state index in [-0.39, 0.29) is 6.42 Å². The number of primary amides is 1. The molecule has 5 atom stereocenters. The highest BCUT2D eigenvalue weighted by Crippen LogP contribution is 2.05. The summed E-state index contributed by atoms with van der Waals surface area (Å²) in [5.41, 5.74) is 11.3. The summed E-state index contributed by atoms with van der Waals surface area (Å²) in [5, 5.41) is 26.2. The number of carboxylic acids is 1. The summed E-state index contributed by atoms with van der Waals surface area (Å²) < 4.78 is 0. The molecular formula is C19H31N7O7S. The number of amides is 4. The van der Waals surface area contributed by atoms with Gasteiger partial charge in [0.2, 0.25) is 23.6 Å². The van der Waals surface area contributed by atoms with Crippen molar-refractivity contribution in [2.45, 2.75) is 56.5 Å². The van der Waals surface area contributed by atoms with Gasteiger partial charge in [0.1, 0.15) is 18.1 Å². The molecule has 0 aliphatic rings. The van der Waals surface area contributed by atoms with Crippen LogP contribution in [-0.4, -0.2) is 92.1 Å². The van der Waals surface area contributed by atoms with Gasteiger partial charge >= 0.3 is 5.97 Å². The van der Waals surface area contributed by atoms with E-state index in [1.54, 1.807) is 0 Å². The zero-order valence-corrected chi connectivity index (χ0v) is 19.6. The molecule has 34 heavy (non-hydrogen) atoms. The Balaban J connectivity index is 3.01. The van der Waals surface area contributed by atoms with Crippen molar-refractivity contribution in [3.05, 3.63) is 18.2 Å². The Hall–Kier alpha value is -3.17. The highest BCUT2D eigenvalue weighted by atomic mass is 32.2. The van der Waals surface area contributed by atoms with Gasteiger partial charge in [-0.1, -0.05) is 0 Å². The summed E-state index contributed by atoms with van der Waals surface area (Å²) in [4.78, 5) is 67.1. The van der Waals surface area contributed by atoms with Gasteiger partial charge in [-0.2, -0.15) is 11.8 Å². The van der Waals surface area contributed by atoms with Crippen LogP contribution in [0.4, 0.5) is 0 Å².